The number of methoxy groups -OCH3 is 5. The molecular weight excluding hydrogens is 566 g/mol. The first-order valence-electron chi connectivity index (χ1n) is 12.6. The van der Waals surface area contributed by atoms with E-state index in [0.717, 1.165) is 9.87 Å². The van der Waals surface area contributed by atoms with Crippen LogP contribution in [0, 0.1) is 0 Å². The first-order chi connectivity index (χ1) is 20.3. The zero-order valence-corrected chi connectivity index (χ0v) is 24.4. The quantitative estimate of drug-likeness (QED) is 0.196. The Morgan fingerprint density at radius 3 is 2.17 bits per heavy atom. The molecule has 3 aromatic carbocycles. The van der Waals surface area contributed by atoms with E-state index in [1.165, 1.54) is 53.9 Å². The van der Waals surface area contributed by atoms with Crippen LogP contribution in [0.4, 0.5) is 5.82 Å². The lowest BCUT2D eigenvalue weighted by atomic mass is 10.1. The molecule has 2 aromatic heterocycles. The van der Waals surface area contributed by atoms with E-state index in [1.54, 1.807) is 42.6 Å². The molecule has 0 atom stereocenters. The van der Waals surface area contributed by atoms with Crippen LogP contribution < -0.4 is 28.0 Å². The number of anilines is 1. The summed E-state index contributed by atoms with van der Waals surface area (Å²) >= 11 is 0. The van der Waals surface area contributed by atoms with Crippen molar-refractivity contribution in [2.45, 2.75) is 17.9 Å². The number of aromatic nitrogens is 2. The molecule has 0 bridgehead atoms. The van der Waals surface area contributed by atoms with E-state index >= 15 is 0 Å². The third kappa shape index (κ3) is 5.26. The van der Waals surface area contributed by atoms with Crippen molar-refractivity contribution in [3.05, 3.63) is 78.0 Å². The van der Waals surface area contributed by atoms with E-state index < -0.39 is 10.0 Å². The fourth-order valence-electron chi connectivity index (χ4n) is 4.62. The van der Waals surface area contributed by atoms with Gasteiger partial charge in [-0.05, 0) is 42.0 Å². The van der Waals surface area contributed by atoms with Gasteiger partial charge >= 0.3 is 0 Å². The minimum absolute atomic E-state index is 0.00430. The SMILES string of the molecule is COc1ccc(CN(c2noc3cc(Cc4ncco4)cc(OC)c23)S(=O)(=O)c2c(OC)cccc2OC)c(OC)c1. The summed E-state index contributed by atoms with van der Waals surface area (Å²) in [6, 6.07) is 13.3. The van der Waals surface area contributed by atoms with Gasteiger partial charge in [-0.1, -0.05) is 11.2 Å². The van der Waals surface area contributed by atoms with Crippen molar-refractivity contribution in [3.63, 3.8) is 0 Å². The van der Waals surface area contributed by atoms with Crippen molar-refractivity contribution >= 4 is 26.8 Å². The highest BCUT2D eigenvalue weighted by Gasteiger charge is 2.36. The van der Waals surface area contributed by atoms with Crippen LogP contribution in [0.1, 0.15) is 17.0 Å². The van der Waals surface area contributed by atoms with Gasteiger partial charge in [-0.2, -0.15) is 0 Å². The van der Waals surface area contributed by atoms with Crippen molar-refractivity contribution in [2.24, 2.45) is 0 Å². The second-order valence-electron chi connectivity index (χ2n) is 8.96. The van der Waals surface area contributed by atoms with Crippen LogP contribution >= 0.6 is 0 Å². The average Bonchev–Trinajstić information content (AvgIpc) is 3.69. The normalized spacial score (nSPS) is 11.4. The molecule has 5 aromatic rings. The molecule has 0 saturated heterocycles. The summed E-state index contributed by atoms with van der Waals surface area (Å²) in [5.74, 6) is 1.98. The topological polar surface area (TPSA) is 136 Å². The lowest BCUT2D eigenvalue weighted by Crippen LogP contribution is -2.32. The van der Waals surface area contributed by atoms with Gasteiger partial charge in [-0.3, -0.25) is 0 Å². The van der Waals surface area contributed by atoms with Gasteiger partial charge in [0, 0.05) is 18.1 Å². The minimum Gasteiger partial charge on any atom is -0.497 e. The van der Waals surface area contributed by atoms with Gasteiger partial charge < -0.3 is 32.6 Å². The second-order valence-corrected chi connectivity index (χ2v) is 10.8. The maximum absolute atomic E-state index is 14.6. The summed E-state index contributed by atoms with van der Waals surface area (Å²) in [5.41, 5.74) is 1.60. The highest BCUT2D eigenvalue weighted by molar-refractivity contribution is 7.93. The Morgan fingerprint density at radius 1 is 0.833 bits per heavy atom. The minimum atomic E-state index is -4.42. The fourth-order valence-corrected chi connectivity index (χ4v) is 6.31. The Kier molecular flexibility index (Phi) is 8.11. The van der Waals surface area contributed by atoms with Crippen molar-refractivity contribution < 1.29 is 41.0 Å². The van der Waals surface area contributed by atoms with E-state index in [1.807, 2.05) is 0 Å². The van der Waals surface area contributed by atoms with Gasteiger partial charge in [0.05, 0.1) is 48.3 Å². The third-order valence-corrected chi connectivity index (χ3v) is 8.41. The summed E-state index contributed by atoms with van der Waals surface area (Å²) < 4.78 is 68.9. The molecule has 0 aliphatic heterocycles. The summed E-state index contributed by atoms with van der Waals surface area (Å²) in [4.78, 5) is 3.99. The van der Waals surface area contributed by atoms with Gasteiger partial charge in [-0.15, -0.1) is 0 Å². The monoisotopic (exact) mass is 595 g/mol. The predicted molar refractivity (Wildman–Crippen MR) is 152 cm³/mol. The number of ether oxygens (including phenoxy) is 5. The molecule has 0 unspecified atom stereocenters. The maximum atomic E-state index is 14.6. The Balaban J connectivity index is 1.72. The number of hydrogen-bond acceptors (Lipinski definition) is 11. The largest absolute Gasteiger partial charge is 0.497 e. The Labute approximate surface area is 242 Å². The standard InChI is InChI=1S/C29H29N3O9S/c1-35-20-10-9-19(23(16-20)38-4)17-32(42(33,34)28-21(36-2)7-6-8-22(28)37-3)29-27-24(39-5)13-18(14-25(27)41-31-29)15-26-30-11-12-40-26/h6-14,16H,15,17H2,1-5H3. The Bertz CT molecular complexity index is 1780. The molecule has 5 rings (SSSR count). The Morgan fingerprint density at radius 2 is 1.55 bits per heavy atom. The lowest BCUT2D eigenvalue weighted by molar-refractivity contribution is 0.373. The number of fused-ring (bicyclic) bond motifs is 1. The Hall–Kier alpha value is -4.91. The molecular formula is C29H29N3O9S. The molecule has 13 heteroatoms. The summed E-state index contributed by atoms with van der Waals surface area (Å²) in [6.45, 7) is -0.195. The van der Waals surface area contributed by atoms with E-state index in [9.17, 15) is 8.42 Å². The van der Waals surface area contributed by atoms with E-state index in [2.05, 4.69) is 10.1 Å². The highest BCUT2D eigenvalue weighted by atomic mass is 32.2. The van der Waals surface area contributed by atoms with Crippen LogP contribution in [0.15, 0.2) is 74.8 Å². The van der Waals surface area contributed by atoms with Gasteiger partial charge in [0.2, 0.25) is 0 Å². The average molecular weight is 596 g/mol. The molecule has 0 saturated carbocycles. The van der Waals surface area contributed by atoms with Gasteiger partial charge in [-0.25, -0.2) is 17.7 Å². The van der Waals surface area contributed by atoms with Crippen LogP contribution in [-0.4, -0.2) is 54.1 Å². The van der Waals surface area contributed by atoms with Crippen LogP contribution in [0.2, 0.25) is 0 Å². The van der Waals surface area contributed by atoms with Crippen LogP contribution in [0.25, 0.3) is 11.0 Å². The fraction of sp³-hybridized carbons (Fsp3) is 0.241. The molecule has 42 heavy (non-hydrogen) atoms. The van der Waals surface area contributed by atoms with Crippen LogP contribution in [-0.2, 0) is 23.0 Å². The third-order valence-electron chi connectivity index (χ3n) is 6.61. The number of rotatable bonds is 12. The highest BCUT2D eigenvalue weighted by Crippen LogP contribution is 2.43. The summed E-state index contributed by atoms with van der Waals surface area (Å²) in [5, 5.41) is 4.58. The molecule has 0 spiro atoms. The number of nitrogens with zero attached hydrogens (tertiary/aromatic N) is 3. The van der Waals surface area contributed by atoms with E-state index in [0.29, 0.717) is 46.1 Å². The number of benzene rings is 3. The molecule has 0 fully saturated rings. The van der Waals surface area contributed by atoms with E-state index in [-0.39, 0.29) is 28.8 Å². The maximum Gasteiger partial charge on any atom is 0.273 e. The summed E-state index contributed by atoms with van der Waals surface area (Å²) in [6.07, 6.45) is 3.40. The molecule has 0 aliphatic carbocycles. The predicted octanol–water partition coefficient (Wildman–Crippen LogP) is 4.85. The van der Waals surface area contributed by atoms with Crippen LogP contribution in [0.5, 0.6) is 28.7 Å². The number of hydrogen-bond donors (Lipinski definition) is 0. The molecule has 12 nitrogen and oxygen atoms in total. The molecule has 0 radical (unpaired) electrons. The first-order valence-corrected chi connectivity index (χ1v) is 14.1. The number of oxazole rings is 1. The molecule has 2 heterocycles. The second kappa shape index (κ2) is 11.9. The molecule has 220 valence electrons. The van der Waals surface area contributed by atoms with Crippen molar-refractivity contribution in [2.75, 3.05) is 39.9 Å². The summed E-state index contributed by atoms with van der Waals surface area (Å²) in [7, 11) is 2.85. The van der Waals surface area contributed by atoms with E-state index in [4.69, 9.17) is 32.6 Å². The lowest BCUT2D eigenvalue weighted by Gasteiger charge is -2.25. The van der Waals surface area contributed by atoms with Crippen LogP contribution in [0.3, 0.4) is 0 Å². The van der Waals surface area contributed by atoms with Crippen molar-refractivity contribution in [1.29, 1.82) is 0 Å². The molecule has 0 aliphatic rings. The van der Waals surface area contributed by atoms with Gasteiger partial charge in [0.25, 0.3) is 10.0 Å². The first kappa shape index (κ1) is 28.6. The van der Waals surface area contributed by atoms with Crippen molar-refractivity contribution in [3.8, 4) is 28.7 Å². The van der Waals surface area contributed by atoms with Crippen molar-refractivity contribution in [1.82, 2.24) is 10.1 Å². The molecule has 0 N–H and O–H groups in total. The zero-order valence-electron chi connectivity index (χ0n) is 23.6. The smallest absolute Gasteiger partial charge is 0.273 e. The zero-order chi connectivity index (χ0) is 29.9. The van der Waals surface area contributed by atoms with Gasteiger partial charge in [0.15, 0.2) is 22.2 Å². The van der Waals surface area contributed by atoms with Gasteiger partial charge in [0.1, 0.15) is 40.4 Å². The molecule has 0 amide bonds. The number of sulfonamides is 1.